The fraction of sp³-hybridized carbons (Fsp3) is 0.913. The van der Waals surface area contributed by atoms with Gasteiger partial charge in [0.2, 0.25) is 5.91 Å². The van der Waals surface area contributed by atoms with Gasteiger partial charge in [-0.05, 0) is 80.0 Å². The third-order valence-electron chi connectivity index (χ3n) is 9.80. The van der Waals surface area contributed by atoms with E-state index in [0.717, 1.165) is 18.8 Å². The molecule has 1 saturated heterocycles. The number of nitrogens with zero attached hydrogens (tertiary/aromatic N) is 1. The fourth-order valence-corrected chi connectivity index (χ4v) is 8.81. The van der Waals surface area contributed by atoms with Gasteiger partial charge in [0.25, 0.3) is 0 Å². The van der Waals surface area contributed by atoms with Crippen LogP contribution in [-0.2, 0) is 9.53 Å². The molecule has 3 aliphatic carbocycles. The standard InChI is InChI=1S/C23H38N2O3/c1-13-12-17-15-6-7-18-22(3,11-9-19(26)25(18)5)16(15)8-10-23(17,4)20(13)14(2)28-21(24)27/h13-18,20H,6-12H2,1-5H3,(H2,24,27)/t13-,14+,15+,16-,17-,18+,20+,22+,23-/m0/s1. The zero-order chi connectivity index (χ0) is 20.4. The number of piperidine rings is 1. The number of hydrogen-bond acceptors (Lipinski definition) is 3. The van der Waals surface area contributed by atoms with Gasteiger partial charge in [-0.2, -0.15) is 0 Å². The van der Waals surface area contributed by atoms with Crippen LogP contribution in [0.15, 0.2) is 0 Å². The Hall–Kier alpha value is -1.26. The number of nitrogens with two attached hydrogens (primary N) is 1. The topological polar surface area (TPSA) is 72.6 Å². The van der Waals surface area contributed by atoms with Crippen molar-refractivity contribution in [1.82, 2.24) is 4.90 Å². The molecule has 0 unspecified atom stereocenters. The molecule has 0 bridgehead atoms. The summed E-state index contributed by atoms with van der Waals surface area (Å²) in [7, 11) is 2.02. The van der Waals surface area contributed by atoms with Crippen LogP contribution in [0.5, 0.6) is 0 Å². The van der Waals surface area contributed by atoms with Gasteiger partial charge in [0.15, 0.2) is 0 Å². The highest BCUT2D eigenvalue weighted by Gasteiger charge is 2.63. The Kier molecular flexibility index (Phi) is 4.74. The lowest BCUT2D eigenvalue weighted by molar-refractivity contribution is -0.159. The maximum Gasteiger partial charge on any atom is 0.404 e. The molecule has 5 heteroatoms. The number of rotatable bonds is 2. The zero-order valence-corrected chi connectivity index (χ0v) is 18.2. The maximum atomic E-state index is 12.3. The van der Waals surface area contributed by atoms with Gasteiger partial charge in [0.1, 0.15) is 6.10 Å². The van der Waals surface area contributed by atoms with E-state index < -0.39 is 6.09 Å². The number of primary amides is 1. The molecule has 4 rings (SSSR count). The van der Waals surface area contributed by atoms with E-state index in [2.05, 4.69) is 25.7 Å². The minimum absolute atomic E-state index is 0.121. The van der Waals surface area contributed by atoms with Crippen molar-refractivity contribution in [2.24, 2.45) is 46.2 Å². The summed E-state index contributed by atoms with van der Waals surface area (Å²) >= 11 is 0. The van der Waals surface area contributed by atoms with Crippen molar-refractivity contribution < 1.29 is 14.3 Å². The average molecular weight is 391 g/mol. The normalized spacial score (nSPS) is 49.0. The number of fused-ring (bicyclic) bond motifs is 5. The molecule has 4 fully saturated rings. The molecular formula is C23H38N2O3. The van der Waals surface area contributed by atoms with Crippen molar-refractivity contribution in [3.05, 3.63) is 0 Å². The van der Waals surface area contributed by atoms with Gasteiger partial charge in [-0.15, -0.1) is 0 Å². The second kappa shape index (κ2) is 6.63. The molecule has 0 aromatic carbocycles. The number of likely N-dealkylation sites (tertiary alicyclic amines) is 1. The van der Waals surface area contributed by atoms with Gasteiger partial charge in [-0.1, -0.05) is 20.8 Å². The molecule has 158 valence electrons. The minimum atomic E-state index is -0.650. The van der Waals surface area contributed by atoms with Gasteiger partial charge < -0.3 is 15.4 Å². The van der Waals surface area contributed by atoms with Crippen LogP contribution < -0.4 is 5.73 Å². The third-order valence-corrected chi connectivity index (χ3v) is 9.80. The molecule has 2 amide bonds. The van der Waals surface area contributed by atoms with E-state index in [9.17, 15) is 9.59 Å². The first kappa shape index (κ1) is 20.0. The van der Waals surface area contributed by atoms with E-state index in [-0.39, 0.29) is 16.9 Å². The molecule has 4 aliphatic rings. The molecule has 0 radical (unpaired) electrons. The number of amides is 2. The summed E-state index contributed by atoms with van der Waals surface area (Å²) in [5, 5.41) is 0. The number of carbonyl (C=O) groups is 2. The van der Waals surface area contributed by atoms with Crippen LogP contribution in [0.2, 0.25) is 0 Å². The van der Waals surface area contributed by atoms with Gasteiger partial charge in [0, 0.05) is 25.4 Å². The van der Waals surface area contributed by atoms with E-state index in [4.69, 9.17) is 10.5 Å². The molecule has 3 saturated carbocycles. The molecule has 0 aromatic rings. The summed E-state index contributed by atoms with van der Waals surface area (Å²) < 4.78 is 5.48. The highest BCUT2D eigenvalue weighted by molar-refractivity contribution is 5.77. The summed E-state index contributed by atoms with van der Waals surface area (Å²) in [6.07, 6.45) is 7.01. The molecule has 28 heavy (non-hydrogen) atoms. The van der Waals surface area contributed by atoms with Crippen LogP contribution in [0, 0.1) is 40.4 Å². The Morgan fingerprint density at radius 1 is 1.18 bits per heavy atom. The van der Waals surface area contributed by atoms with Crippen LogP contribution in [0.4, 0.5) is 4.79 Å². The lowest BCUT2D eigenvalue weighted by Crippen LogP contribution is -2.61. The fourth-order valence-electron chi connectivity index (χ4n) is 8.81. The van der Waals surface area contributed by atoms with Crippen molar-refractivity contribution in [2.75, 3.05) is 7.05 Å². The summed E-state index contributed by atoms with van der Waals surface area (Å²) in [6.45, 7) is 9.29. The second-order valence-corrected chi connectivity index (χ2v) is 10.9. The second-order valence-electron chi connectivity index (χ2n) is 10.9. The van der Waals surface area contributed by atoms with Gasteiger partial charge in [0.05, 0.1) is 0 Å². The number of carbonyl (C=O) groups excluding carboxylic acids is 2. The highest BCUT2D eigenvalue weighted by Crippen LogP contribution is 2.67. The van der Waals surface area contributed by atoms with E-state index in [1.165, 1.54) is 25.7 Å². The van der Waals surface area contributed by atoms with E-state index in [1.54, 1.807) is 0 Å². The van der Waals surface area contributed by atoms with Crippen molar-refractivity contribution >= 4 is 12.0 Å². The van der Waals surface area contributed by atoms with Crippen LogP contribution >= 0.6 is 0 Å². The molecule has 9 atom stereocenters. The van der Waals surface area contributed by atoms with Crippen LogP contribution in [0.1, 0.15) is 72.6 Å². The molecule has 1 heterocycles. The van der Waals surface area contributed by atoms with Crippen LogP contribution in [-0.4, -0.2) is 36.1 Å². The van der Waals surface area contributed by atoms with Gasteiger partial charge in [-0.3, -0.25) is 4.79 Å². The summed E-state index contributed by atoms with van der Waals surface area (Å²) in [5.41, 5.74) is 5.82. The summed E-state index contributed by atoms with van der Waals surface area (Å²) in [6, 6.07) is 0.408. The van der Waals surface area contributed by atoms with Crippen LogP contribution in [0.3, 0.4) is 0 Å². The van der Waals surface area contributed by atoms with E-state index in [1.807, 2.05) is 14.0 Å². The lowest BCUT2D eigenvalue weighted by Gasteiger charge is -2.62. The molecular weight excluding hydrogens is 352 g/mol. The van der Waals surface area contributed by atoms with Crippen molar-refractivity contribution in [2.45, 2.75) is 84.8 Å². The predicted molar refractivity (Wildman–Crippen MR) is 108 cm³/mol. The number of ether oxygens (including phenoxy) is 1. The Labute approximate surface area is 169 Å². The summed E-state index contributed by atoms with van der Waals surface area (Å²) in [5.74, 6) is 3.38. The Balaban J connectivity index is 1.61. The zero-order valence-electron chi connectivity index (χ0n) is 18.2. The first-order chi connectivity index (χ1) is 13.1. The molecule has 1 aliphatic heterocycles. The number of hydrogen-bond donors (Lipinski definition) is 1. The monoisotopic (exact) mass is 390 g/mol. The Bertz CT molecular complexity index is 666. The van der Waals surface area contributed by atoms with E-state index in [0.29, 0.717) is 42.0 Å². The maximum absolute atomic E-state index is 12.3. The summed E-state index contributed by atoms with van der Waals surface area (Å²) in [4.78, 5) is 25.8. The minimum Gasteiger partial charge on any atom is -0.446 e. The Morgan fingerprint density at radius 3 is 2.57 bits per heavy atom. The van der Waals surface area contributed by atoms with Crippen LogP contribution in [0.25, 0.3) is 0 Å². The predicted octanol–water partition coefficient (Wildman–Crippen LogP) is 4.20. The lowest BCUT2D eigenvalue weighted by atomic mass is 9.46. The van der Waals surface area contributed by atoms with Crippen molar-refractivity contribution in [3.8, 4) is 0 Å². The quantitative estimate of drug-likeness (QED) is 0.768. The van der Waals surface area contributed by atoms with Gasteiger partial charge >= 0.3 is 6.09 Å². The largest absolute Gasteiger partial charge is 0.446 e. The molecule has 5 nitrogen and oxygen atoms in total. The molecule has 0 spiro atoms. The smallest absolute Gasteiger partial charge is 0.404 e. The molecule has 0 aromatic heterocycles. The van der Waals surface area contributed by atoms with Crippen molar-refractivity contribution in [3.63, 3.8) is 0 Å². The highest BCUT2D eigenvalue weighted by atomic mass is 16.6. The SMILES string of the molecule is C[C@H]1C[C@H]2[C@@H]3CC[C@H]4N(C)C(=O)CC[C@]4(C)[C@H]3CC[C@]2(C)[C@H]1[C@@H](C)OC(N)=O. The molecule has 2 N–H and O–H groups in total. The third kappa shape index (κ3) is 2.71. The van der Waals surface area contributed by atoms with Crippen molar-refractivity contribution in [1.29, 1.82) is 0 Å². The van der Waals surface area contributed by atoms with Gasteiger partial charge in [-0.25, -0.2) is 4.79 Å². The average Bonchev–Trinajstić information content (AvgIpc) is 2.88. The first-order valence-corrected chi connectivity index (χ1v) is 11.3. The first-order valence-electron chi connectivity index (χ1n) is 11.3. The van der Waals surface area contributed by atoms with E-state index >= 15 is 0 Å². The Morgan fingerprint density at radius 2 is 1.89 bits per heavy atom.